The van der Waals surface area contributed by atoms with Crippen molar-refractivity contribution in [1.82, 2.24) is 19.1 Å². The molecule has 136 valence electrons. The zero-order chi connectivity index (χ0) is 18.8. The zero-order valence-electron chi connectivity index (χ0n) is 14.2. The fraction of sp³-hybridized carbons (Fsp3) is 0.250. The number of hydrazone groups is 1. The van der Waals surface area contributed by atoms with Gasteiger partial charge in [0.25, 0.3) is 5.56 Å². The molecule has 1 aromatic carbocycles. The first-order valence-corrected chi connectivity index (χ1v) is 7.82. The molecular weight excluding hydrogens is 340 g/mol. The normalized spacial score (nSPS) is 12.7. The molecule has 2 heterocycles. The third-order valence-corrected chi connectivity index (χ3v) is 3.73. The van der Waals surface area contributed by atoms with Crippen LogP contribution >= 0.6 is 0 Å². The summed E-state index contributed by atoms with van der Waals surface area (Å²) in [6, 6.07) is 6.40. The summed E-state index contributed by atoms with van der Waals surface area (Å²) in [7, 11) is 1.49. The molecule has 0 saturated heterocycles. The third-order valence-electron chi connectivity index (χ3n) is 3.73. The molecule has 1 unspecified atom stereocenters. The average molecular weight is 358 g/mol. The number of phenolic OH excluding ortho intramolecular Hbond substituents is 1. The van der Waals surface area contributed by atoms with Crippen LogP contribution in [0.2, 0.25) is 0 Å². The Hall–Kier alpha value is -3.40. The SMILES string of the molecule is CC(O)Cn1c(NN=Cc2ccc(O)cc2)nc2c1c(=O)[nH]c(=O)n2C. The number of aliphatic hydroxyl groups is 1. The predicted molar refractivity (Wildman–Crippen MR) is 96.6 cm³/mol. The van der Waals surface area contributed by atoms with Gasteiger partial charge in [-0.25, -0.2) is 10.2 Å². The summed E-state index contributed by atoms with van der Waals surface area (Å²) < 4.78 is 2.68. The van der Waals surface area contributed by atoms with E-state index in [0.29, 0.717) is 0 Å². The Morgan fingerprint density at radius 1 is 1.35 bits per heavy atom. The first-order chi connectivity index (χ1) is 12.4. The van der Waals surface area contributed by atoms with Crippen LogP contribution < -0.4 is 16.7 Å². The van der Waals surface area contributed by atoms with Crippen molar-refractivity contribution in [1.29, 1.82) is 0 Å². The number of fused-ring (bicyclic) bond motifs is 1. The van der Waals surface area contributed by atoms with Crippen molar-refractivity contribution in [2.45, 2.75) is 19.6 Å². The van der Waals surface area contributed by atoms with E-state index >= 15 is 0 Å². The molecule has 0 bridgehead atoms. The highest BCUT2D eigenvalue weighted by Crippen LogP contribution is 2.16. The molecule has 0 aliphatic carbocycles. The van der Waals surface area contributed by atoms with Gasteiger partial charge in [-0.05, 0) is 36.8 Å². The highest BCUT2D eigenvalue weighted by Gasteiger charge is 2.18. The summed E-state index contributed by atoms with van der Waals surface area (Å²) in [5.41, 5.74) is 2.63. The maximum absolute atomic E-state index is 12.2. The van der Waals surface area contributed by atoms with Gasteiger partial charge in [0, 0.05) is 7.05 Å². The summed E-state index contributed by atoms with van der Waals surface area (Å²) in [5, 5.41) is 23.1. The van der Waals surface area contributed by atoms with Crippen LogP contribution in [0.3, 0.4) is 0 Å². The standard InChI is InChI=1S/C16H18N6O4/c1-9(23)8-22-12-13(21(2)16(26)19-14(12)25)18-15(22)20-17-7-10-3-5-11(24)6-4-10/h3-7,9,23-24H,8H2,1-2H3,(H,18,20)(H,19,25,26). The molecule has 0 radical (unpaired) electrons. The predicted octanol–water partition coefficient (Wildman–Crippen LogP) is -0.0443. The highest BCUT2D eigenvalue weighted by molar-refractivity contribution is 5.80. The van der Waals surface area contributed by atoms with Crippen LogP contribution in [0, 0.1) is 0 Å². The van der Waals surface area contributed by atoms with Crippen molar-refractivity contribution < 1.29 is 10.2 Å². The number of aromatic amines is 1. The Labute approximate surface area is 147 Å². The second kappa shape index (κ2) is 6.84. The number of anilines is 1. The van der Waals surface area contributed by atoms with Crippen molar-refractivity contribution in [3.05, 3.63) is 50.7 Å². The smallest absolute Gasteiger partial charge is 0.329 e. The summed E-state index contributed by atoms with van der Waals surface area (Å²) >= 11 is 0. The van der Waals surface area contributed by atoms with E-state index in [1.165, 1.54) is 34.5 Å². The van der Waals surface area contributed by atoms with Crippen molar-refractivity contribution >= 4 is 23.3 Å². The molecule has 10 nitrogen and oxygen atoms in total. The number of nitrogens with one attached hydrogen (secondary N) is 2. The number of imidazole rings is 1. The minimum atomic E-state index is -0.745. The van der Waals surface area contributed by atoms with Crippen LogP contribution in [0.5, 0.6) is 5.75 Å². The summed E-state index contributed by atoms with van der Waals surface area (Å²) in [6.07, 6.45) is 0.764. The molecule has 2 aromatic heterocycles. The maximum atomic E-state index is 12.2. The second-order valence-corrected chi connectivity index (χ2v) is 5.85. The van der Waals surface area contributed by atoms with E-state index in [1.54, 1.807) is 19.1 Å². The summed E-state index contributed by atoms with van der Waals surface area (Å²) in [4.78, 5) is 30.4. The molecule has 0 aliphatic rings. The first kappa shape index (κ1) is 17.4. The Balaban J connectivity index is 2.02. The highest BCUT2D eigenvalue weighted by atomic mass is 16.3. The lowest BCUT2D eigenvalue weighted by Crippen LogP contribution is -2.29. The Kier molecular flexibility index (Phi) is 4.59. The molecule has 1 atom stereocenters. The molecular formula is C16H18N6O4. The quantitative estimate of drug-likeness (QED) is 0.373. The fourth-order valence-corrected chi connectivity index (χ4v) is 2.49. The second-order valence-electron chi connectivity index (χ2n) is 5.85. The van der Waals surface area contributed by atoms with E-state index in [0.717, 1.165) is 5.56 Å². The first-order valence-electron chi connectivity index (χ1n) is 7.82. The van der Waals surface area contributed by atoms with E-state index in [1.807, 2.05) is 0 Å². The third kappa shape index (κ3) is 3.35. The van der Waals surface area contributed by atoms with Gasteiger partial charge in [0.1, 0.15) is 5.75 Å². The van der Waals surface area contributed by atoms with E-state index in [-0.39, 0.29) is 29.4 Å². The van der Waals surface area contributed by atoms with Crippen LogP contribution in [0.4, 0.5) is 5.95 Å². The van der Waals surface area contributed by atoms with Crippen LogP contribution in [-0.2, 0) is 13.6 Å². The molecule has 0 fully saturated rings. The van der Waals surface area contributed by atoms with Crippen LogP contribution in [0.25, 0.3) is 11.2 Å². The number of phenols is 1. The van der Waals surface area contributed by atoms with E-state index in [2.05, 4.69) is 20.5 Å². The van der Waals surface area contributed by atoms with Gasteiger partial charge in [0.15, 0.2) is 11.2 Å². The van der Waals surface area contributed by atoms with Gasteiger partial charge in [-0.3, -0.25) is 14.3 Å². The van der Waals surface area contributed by atoms with Crippen molar-refractivity contribution in [3.63, 3.8) is 0 Å². The van der Waals surface area contributed by atoms with Gasteiger partial charge in [-0.1, -0.05) is 0 Å². The van der Waals surface area contributed by atoms with Gasteiger partial charge in [0.2, 0.25) is 5.95 Å². The summed E-state index contributed by atoms with van der Waals surface area (Å²) in [5.74, 6) is 0.358. The number of rotatable bonds is 5. The molecule has 26 heavy (non-hydrogen) atoms. The largest absolute Gasteiger partial charge is 0.508 e. The number of hydrogen-bond donors (Lipinski definition) is 4. The monoisotopic (exact) mass is 358 g/mol. The number of hydrogen-bond acceptors (Lipinski definition) is 7. The molecule has 0 spiro atoms. The molecule has 0 saturated carbocycles. The van der Waals surface area contributed by atoms with Crippen molar-refractivity contribution in [2.75, 3.05) is 5.43 Å². The number of aryl methyl sites for hydroxylation is 1. The van der Waals surface area contributed by atoms with Crippen molar-refractivity contribution in [2.24, 2.45) is 12.1 Å². The molecule has 10 heteroatoms. The lowest BCUT2D eigenvalue weighted by atomic mass is 10.2. The Morgan fingerprint density at radius 2 is 2.04 bits per heavy atom. The maximum Gasteiger partial charge on any atom is 0.329 e. The molecule has 3 rings (SSSR count). The fourth-order valence-electron chi connectivity index (χ4n) is 2.49. The lowest BCUT2D eigenvalue weighted by Gasteiger charge is -2.09. The molecule has 0 amide bonds. The number of benzene rings is 1. The molecule has 0 aliphatic heterocycles. The van der Waals surface area contributed by atoms with Gasteiger partial charge < -0.3 is 14.8 Å². The van der Waals surface area contributed by atoms with Gasteiger partial charge in [-0.15, -0.1) is 0 Å². The number of H-pyrrole nitrogens is 1. The van der Waals surface area contributed by atoms with E-state index in [4.69, 9.17) is 0 Å². The minimum absolute atomic E-state index is 0.0921. The molecule has 4 N–H and O–H groups in total. The van der Waals surface area contributed by atoms with Crippen LogP contribution in [0.1, 0.15) is 12.5 Å². The topological polar surface area (TPSA) is 138 Å². The Bertz CT molecular complexity index is 1080. The van der Waals surface area contributed by atoms with E-state index in [9.17, 15) is 19.8 Å². The minimum Gasteiger partial charge on any atom is -0.508 e. The number of aromatic hydroxyl groups is 1. The number of aromatic nitrogens is 4. The Morgan fingerprint density at radius 3 is 2.69 bits per heavy atom. The van der Waals surface area contributed by atoms with Gasteiger partial charge >= 0.3 is 5.69 Å². The molecule has 3 aromatic rings. The van der Waals surface area contributed by atoms with Gasteiger partial charge in [0.05, 0.1) is 18.9 Å². The van der Waals surface area contributed by atoms with Gasteiger partial charge in [-0.2, -0.15) is 10.1 Å². The van der Waals surface area contributed by atoms with Crippen LogP contribution in [-0.4, -0.2) is 41.6 Å². The zero-order valence-corrected chi connectivity index (χ0v) is 14.2. The van der Waals surface area contributed by atoms with E-state index < -0.39 is 17.4 Å². The average Bonchev–Trinajstić information content (AvgIpc) is 2.93. The summed E-state index contributed by atoms with van der Waals surface area (Å²) in [6.45, 7) is 1.67. The van der Waals surface area contributed by atoms with Crippen LogP contribution in [0.15, 0.2) is 39.0 Å². The number of aliphatic hydroxyl groups excluding tert-OH is 1. The number of nitrogens with zero attached hydrogens (tertiary/aromatic N) is 4. The lowest BCUT2D eigenvalue weighted by molar-refractivity contribution is 0.175. The van der Waals surface area contributed by atoms with Crippen molar-refractivity contribution in [3.8, 4) is 5.75 Å².